The predicted molar refractivity (Wildman–Crippen MR) is 121 cm³/mol. The van der Waals surface area contributed by atoms with Crippen LogP contribution in [0, 0.1) is 5.92 Å². The average molecular weight is 478 g/mol. The smallest absolute Gasteiger partial charge is 0.434 e. The lowest BCUT2D eigenvalue weighted by Gasteiger charge is -2.35. The molecule has 2 fully saturated rings. The van der Waals surface area contributed by atoms with Crippen LogP contribution in [0.3, 0.4) is 0 Å². The van der Waals surface area contributed by atoms with E-state index >= 15 is 0 Å². The van der Waals surface area contributed by atoms with Gasteiger partial charge in [-0.15, -0.1) is 0 Å². The molecule has 184 valence electrons. The Morgan fingerprint density at radius 1 is 0.971 bits per heavy atom. The standard InChI is InChI=1S/C24H30F3N5O2/c25-24(26,27)21-16-29-22(17-28-21)31-11-13-32(14-12-31)23(33)34-15-8-19-6-9-30(10-7-19)18-20-4-2-1-3-5-20/h1-5,16-17,19H,6-15,18H2. The lowest BCUT2D eigenvalue weighted by Crippen LogP contribution is -2.49. The van der Waals surface area contributed by atoms with Crippen LogP contribution in [0.2, 0.25) is 0 Å². The van der Waals surface area contributed by atoms with Crippen molar-refractivity contribution in [2.45, 2.75) is 32.0 Å². The van der Waals surface area contributed by atoms with Gasteiger partial charge in [0.05, 0.1) is 19.0 Å². The maximum atomic E-state index is 12.6. The van der Waals surface area contributed by atoms with E-state index in [-0.39, 0.29) is 6.09 Å². The molecule has 1 amide bonds. The highest BCUT2D eigenvalue weighted by atomic mass is 19.4. The highest BCUT2D eigenvalue weighted by molar-refractivity contribution is 5.68. The van der Waals surface area contributed by atoms with Gasteiger partial charge in [0.25, 0.3) is 0 Å². The van der Waals surface area contributed by atoms with Crippen molar-refractivity contribution in [3.63, 3.8) is 0 Å². The van der Waals surface area contributed by atoms with Crippen LogP contribution in [0.4, 0.5) is 23.8 Å². The Labute approximate surface area is 197 Å². The monoisotopic (exact) mass is 477 g/mol. The second kappa shape index (κ2) is 11.0. The number of carbonyl (C=O) groups is 1. The van der Waals surface area contributed by atoms with Crippen LogP contribution >= 0.6 is 0 Å². The van der Waals surface area contributed by atoms with Gasteiger partial charge in [0.2, 0.25) is 0 Å². The van der Waals surface area contributed by atoms with Crippen molar-refractivity contribution in [2.24, 2.45) is 5.92 Å². The van der Waals surface area contributed by atoms with Gasteiger partial charge in [0, 0.05) is 32.7 Å². The number of rotatable bonds is 6. The summed E-state index contributed by atoms with van der Waals surface area (Å²) in [6.45, 7) is 5.30. The van der Waals surface area contributed by atoms with Crippen molar-refractivity contribution in [1.82, 2.24) is 19.8 Å². The fraction of sp³-hybridized carbons (Fsp3) is 0.542. The van der Waals surface area contributed by atoms with Crippen LogP contribution < -0.4 is 4.90 Å². The third-order valence-corrected chi connectivity index (χ3v) is 6.50. The minimum atomic E-state index is -4.51. The number of benzene rings is 1. The minimum Gasteiger partial charge on any atom is -0.449 e. The molecule has 7 nitrogen and oxygen atoms in total. The molecule has 0 spiro atoms. The van der Waals surface area contributed by atoms with E-state index in [1.807, 2.05) is 11.0 Å². The molecule has 2 aromatic rings. The number of hydrogen-bond acceptors (Lipinski definition) is 6. The van der Waals surface area contributed by atoms with E-state index < -0.39 is 11.9 Å². The number of piperazine rings is 1. The number of amides is 1. The van der Waals surface area contributed by atoms with Crippen LogP contribution in [0.5, 0.6) is 0 Å². The van der Waals surface area contributed by atoms with E-state index in [1.54, 1.807) is 4.90 Å². The summed E-state index contributed by atoms with van der Waals surface area (Å²) in [6, 6.07) is 10.5. The Bertz CT molecular complexity index is 910. The molecule has 10 heteroatoms. The predicted octanol–water partition coefficient (Wildman–Crippen LogP) is 4.06. The average Bonchev–Trinajstić information content (AvgIpc) is 2.85. The van der Waals surface area contributed by atoms with Crippen LogP contribution in [-0.2, 0) is 17.5 Å². The summed E-state index contributed by atoms with van der Waals surface area (Å²) in [6.07, 6.45) is 0.109. The summed E-state index contributed by atoms with van der Waals surface area (Å²) in [5, 5.41) is 0. The molecule has 1 aromatic heterocycles. The van der Waals surface area contributed by atoms with Gasteiger partial charge in [-0.25, -0.2) is 14.8 Å². The molecule has 1 aromatic carbocycles. The quantitative estimate of drug-likeness (QED) is 0.626. The third-order valence-electron chi connectivity index (χ3n) is 6.50. The van der Waals surface area contributed by atoms with E-state index in [0.717, 1.165) is 51.3 Å². The van der Waals surface area contributed by atoms with E-state index in [1.165, 1.54) is 5.56 Å². The van der Waals surface area contributed by atoms with Crippen molar-refractivity contribution in [3.8, 4) is 0 Å². The maximum Gasteiger partial charge on any atom is 0.434 e. The van der Waals surface area contributed by atoms with Gasteiger partial charge < -0.3 is 14.5 Å². The molecular weight excluding hydrogens is 447 g/mol. The Morgan fingerprint density at radius 3 is 2.29 bits per heavy atom. The lowest BCUT2D eigenvalue weighted by atomic mass is 9.93. The summed E-state index contributed by atoms with van der Waals surface area (Å²) in [5.74, 6) is 0.939. The first-order valence-corrected chi connectivity index (χ1v) is 11.7. The minimum absolute atomic E-state index is 0.334. The van der Waals surface area contributed by atoms with E-state index in [0.29, 0.717) is 44.5 Å². The molecule has 2 aliphatic heterocycles. The summed E-state index contributed by atoms with van der Waals surface area (Å²) >= 11 is 0. The van der Waals surface area contributed by atoms with Crippen molar-refractivity contribution < 1.29 is 22.7 Å². The first-order valence-electron chi connectivity index (χ1n) is 11.7. The molecule has 3 heterocycles. The molecule has 0 radical (unpaired) electrons. The first-order chi connectivity index (χ1) is 16.4. The molecule has 0 bridgehead atoms. The Balaban J connectivity index is 1.12. The maximum absolute atomic E-state index is 12.6. The van der Waals surface area contributed by atoms with Gasteiger partial charge in [-0.05, 0) is 43.8 Å². The van der Waals surface area contributed by atoms with Gasteiger partial charge in [-0.1, -0.05) is 30.3 Å². The largest absolute Gasteiger partial charge is 0.449 e. The van der Waals surface area contributed by atoms with E-state index in [4.69, 9.17) is 4.74 Å². The van der Waals surface area contributed by atoms with Crippen LogP contribution in [0.25, 0.3) is 0 Å². The number of hydrogen-bond donors (Lipinski definition) is 0. The number of anilines is 1. The van der Waals surface area contributed by atoms with E-state index in [9.17, 15) is 18.0 Å². The SMILES string of the molecule is O=C(OCCC1CCN(Cc2ccccc2)CC1)N1CCN(c2cnc(C(F)(F)F)cn2)CC1. The molecule has 4 rings (SSSR count). The highest BCUT2D eigenvalue weighted by Gasteiger charge is 2.33. The molecule has 2 aliphatic rings. The molecule has 0 saturated carbocycles. The Morgan fingerprint density at radius 2 is 1.68 bits per heavy atom. The number of ether oxygens (including phenoxy) is 1. The summed E-state index contributed by atoms with van der Waals surface area (Å²) < 4.78 is 43.4. The van der Waals surface area contributed by atoms with Crippen molar-refractivity contribution in [2.75, 3.05) is 50.8 Å². The molecule has 0 N–H and O–H groups in total. The fourth-order valence-electron chi connectivity index (χ4n) is 4.43. The van der Waals surface area contributed by atoms with Gasteiger partial charge in [0.1, 0.15) is 5.82 Å². The number of carbonyl (C=O) groups excluding carboxylic acids is 1. The molecule has 2 saturated heterocycles. The number of piperidine rings is 1. The zero-order valence-electron chi connectivity index (χ0n) is 19.1. The Hall–Kier alpha value is -2.88. The van der Waals surface area contributed by atoms with Crippen molar-refractivity contribution >= 4 is 11.9 Å². The van der Waals surface area contributed by atoms with E-state index in [2.05, 4.69) is 39.1 Å². The summed E-state index contributed by atoms with van der Waals surface area (Å²) in [4.78, 5) is 25.7. The zero-order chi connectivity index (χ0) is 24.0. The molecular formula is C24H30F3N5O2. The summed E-state index contributed by atoms with van der Waals surface area (Å²) in [7, 11) is 0. The second-order valence-electron chi connectivity index (χ2n) is 8.84. The normalized spacial score (nSPS) is 18.2. The molecule has 0 unspecified atom stereocenters. The molecule has 0 aliphatic carbocycles. The zero-order valence-corrected chi connectivity index (χ0v) is 19.1. The number of aromatic nitrogens is 2. The third kappa shape index (κ3) is 6.59. The highest BCUT2D eigenvalue weighted by Crippen LogP contribution is 2.27. The first kappa shape index (κ1) is 24.3. The van der Waals surface area contributed by atoms with Crippen LogP contribution in [0.1, 0.15) is 30.5 Å². The van der Waals surface area contributed by atoms with Gasteiger partial charge in [0.15, 0.2) is 5.69 Å². The number of halogens is 3. The lowest BCUT2D eigenvalue weighted by molar-refractivity contribution is -0.141. The number of nitrogens with zero attached hydrogens (tertiary/aromatic N) is 5. The van der Waals surface area contributed by atoms with Crippen molar-refractivity contribution in [3.05, 3.63) is 54.0 Å². The van der Waals surface area contributed by atoms with Crippen LogP contribution in [-0.4, -0.2) is 71.7 Å². The Kier molecular flexibility index (Phi) is 7.87. The van der Waals surface area contributed by atoms with Crippen LogP contribution in [0.15, 0.2) is 42.7 Å². The van der Waals surface area contributed by atoms with Gasteiger partial charge in [-0.2, -0.15) is 13.2 Å². The second-order valence-corrected chi connectivity index (χ2v) is 8.84. The van der Waals surface area contributed by atoms with Crippen molar-refractivity contribution in [1.29, 1.82) is 0 Å². The van der Waals surface area contributed by atoms with Gasteiger partial charge in [-0.3, -0.25) is 4.90 Å². The topological polar surface area (TPSA) is 61.8 Å². The summed E-state index contributed by atoms with van der Waals surface area (Å²) in [5.41, 5.74) is 0.320. The number of likely N-dealkylation sites (tertiary alicyclic amines) is 1. The molecule has 34 heavy (non-hydrogen) atoms. The molecule has 0 atom stereocenters. The fourth-order valence-corrected chi connectivity index (χ4v) is 4.43. The number of alkyl halides is 3. The van der Waals surface area contributed by atoms with Gasteiger partial charge >= 0.3 is 12.3 Å².